The second-order valence-electron chi connectivity index (χ2n) is 3.96. The molecule has 0 aliphatic carbocycles. The van der Waals surface area contributed by atoms with Gasteiger partial charge >= 0.3 is 0 Å². The van der Waals surface area contributed by atoms with E-state index in [1.54, 1.807) is 0 Å². The molecule has 0 heterocycles. The van der Waals surface area contributed by atoms with Crippen LogP contribution in [0.15, 0.2) is 42.5 Å². The van der Waals surface area contributed by atoms with Crippen molar-refractivity contribution in [3.8, 4) is 11.5 Å². The van der Waals surface area contributed by atoms with Gasteiger partial charge in [0.05, 0.1) is 5.69 Å². The highest BCUT2D eigenvalue weighted by Crippen LogP contribution is 2.27. The summed E-state index contributed by atoms with van der Waals surface area (Å²) < 4.78 is 5.69. The first-order valence-electron chi connectivity index (χ1n) is 5.26. The summed E-state index contributed by atoms with van der Waals surface area (Å²) in [6, 6.07) is 13.7. The molecule has 0 saturated carbocycles. The molecule has 2 aromatic rings. The average Bonchev–Trinajstić information content (AvgIpc) is 2.25. The standard InChI is InChI=1S/C14H15NO.ClH/c1-10-3-6-12(7-4-10)16-14-8-5-11(2)9-13(14)15;/h3-9H,15H2,1-2H3;1H. The number of benzene rings is 2. The zero-order valence-electron chi connectivity index (χ0n) is 9.94. The van der Waals surface area contributed by atoms with Gasteiger partial charge in [-0.3, -0.25) is 0 Å². The lowest BCUT2D eigenvalue weighted by Crippen LogP contribution is -1.92. The van der Waals surface area contributed by atoms with Gasteiger partial charge in [0.1, 0.15) is 11.5 Å². The topological polar surface area (TPSA) is 35.2 Å². The number of hydrogen-bond acceptors (Lipinski definition) is 2. The Bertz CT molecular complexity index is 494. The van der Waals surface area contributed by atoms with Crippen LogP contribution >= 0.6 is 12.4 Å². The molecule has 3 heteroatoms. The Morgan fingerprint density at radius 2 is 1.47 bits per heavy atom. The largest absolute Gasteiger partial charge is 0.455 e. The molecule has 0 saturated heterocycles. The quantitative estimate of drug-likeness (QED) is 0.814. The molecule has 2 rings (SSSR count). The molecule has 0 fully saturated rings. The summed E-state index contributed by atoms with van der Waals surface area (Å²) in [5, 5.41) is 0. The van der Waals surface area contributed by atoms with Crippen LogP contribution in [-0.4, -0.2) is 0 Å². The van der Waals surface area contributed by atoms with Gasteiger partial charge in [0.25, 0.3) is 0 Å². The normalized spacial score (nSPS) is 9.53. The van der Waals surface area contributed by atoms with Crippen molar-refractivity contribution in [1.82, 2.24) is 0 Å². The summed E-state index contributed by atoms with van der Waals surface area (Å²) >= 11 is 0. The molecule has 0 radical (unpaired) electrons. The minimum atomic E-state index is 0. The number of anilines is 1. The Hall–Kier alpha value is -1.67. The zero-order chi connectivity index (χ0) is 11.5. The van der Waals surface area contributed by atoms with Crippen molar-refractivity contribution >= 4 is 18.1 Å². The summed E-state index contributed by atoms with van der Waals surface area (Å²) in [7, 11) is 0. The van der Waals surface area contributed by atoms with Crippen LogP contribution in [0, 0.1) is 13.8 Å². The third-order valence-electron chi connectivity index (χ3n) is 2.41. The summed E-state index contributed by atoms with van der Waals surface area (Å²) in [6.07, 6.45) is 0. The third kappa shape index (κ3) is 3.40. The number of ether oxygens (including phenoxy) is 1. The Morgan fingerprint density at radius 3 is 2.06 bits per heavy atom. The smallest absolute Gasteiger partial charge is 0.150 e. The Balaban J connectivity index is 0.00000144. The van der Waals surface area contributed by atoms with Gasteiger partial charge < -0.3 is 10.5 Å². The van der Waals surface area contributed by atoms with Gasteiger partial charge in [-0.15, -0.1) is 12.4 Å². The molecule has 90 valence electrons. The first kappa shape index (κ1) is 13.4. The molecule has 0 spiro atoms. The number of aryl methyl sites for hydroxylation is 2. The van der Waals surface area contributed by atoms with Crippen molar-refractivity contribution in [2.75, 3.05) is 5.73 Å². The predicted molar refractivity (Wildman–Crippen MR) is 74.1 cm³/mol. The third-order valence-corrected chi connectivity index (χ3v) is 2.41. The number of nitrogens with two attached hydrogens (primary N) is 1. The van der Waals surface area contributed by atoms with E-state index in [-0.39, 0.29) is 12.4 Å². The monoisotopic (exact) mass is 249 g/mol. The molecule has 0 aliphatic rings. The van der Waals surface area contributed by atoms with Crippen molar-refractivity contribution in [2.24, 2.45) is 0 Å². The highest BCUT2D eigenvalue weighted by Gasteiger charge is 2.01. The van der Waals surface area contributed by atoms with Crippen LogP contribution in [0.5, 0.6) is 11.5 Å². The number of rotatable bonds is 2. The van der Waals surface area contributed by atoms with E-state index in [4.69, 9.17) is 10.5 Å². The van der Waals surface area contributed by atoms with E-state index in [0.717, 1.165) is 11.3 Å². The average molecular weight is 250 g/mol. The van der Waals surface area contributed by atoms with Crippen molar-refractivity contribution in [3.63, 3.8) is 0 Å². The number of nitrogen functional groups attached to an aromatic ring is 1. The van der Waals surface area contributed by atoms with Crippen LogP contribution in [0.1, 0.15) is 11.1 Å². The molecule has 2 nitrogen and oxygen atoms in total. The van der Waals surface area contributed by atoms with Gasteiger partial charge in [0.15, 0.2) is 0 Å². The molecular weight excluding hydrogens is 234 g/mol. The maximum Gasteiger partial charge on any atom is 0.150 e. The zero-order valence-corrected chi connectivity index (χ0v) is 10.8. The summed E-state index contributed by atoms with van der Waals surface area (Å²) in [5.41, 5.74) is 8.89. The molecule has 0 aromatic heterocycles. The molecule has 0 aliphatic heterocycles. The van der Waals surface area contributed by atoms with Gasteiger partial charge in [-0.05, 0) is 43.7 Å². The van der Waals surface area contributed by atoms with E-state index < -0.39 is 0 Å². The molecular formula is C14H16ClNO. The highest BCUT2D eigenvalue weighted by molar-refractivity contribution is 5.85. The Labute approximate surface area is 108 Å². The minimum absolute atomic E-state index is 0. The SMILES string of the molecule is Cc1ccc(Oc2ccc(C)cc2N)cc1.Cl. The van der Waals surface area contributed by atoms with Gasteiger partial charge in [-0.1, -0.05) is 23.8 Å². The predicted octanol–water partition coefficient (Wildman–Crippen LogP) is 4.10. The van der Waals surface area contributed by atoms with Crippen LogP contribution < -0.4 is 10.5 Å². The fourth-order valence-electron chi connectivity index (χ4n) is 1.49. The Kier molecular flexibility index (Phi) is 4.41. The van der Waals surface area contributed by atoms with Gasteiger partial charge in [0.2, 0.25) is 0 Å². The minimum Gasteiger partial charge on any atom is -0.455 e. The van der Waals surface area contributed by atoms with E-state index in [0.29, 0.717) is 11.4 Å². The van der Waals surface area contributed by atoms with Gasteiger partial charge in [0, 0.05) is 0 Å². The van der Waals surface area contributed by atoms with Crippen molar-refractivity contribution in [3.05, 3.63) is 53.6 Å². The second kappa shape index (κ2) is 5.60. The van der Waals surface area contributed by atoms with Crippen LogP contribution in [-0.2, 0) is 0 Å². The van der Waals surface area contributed by atoms with Crippen LogP contribution in [0.4, 0.5) is 5.69 Å². The summed E-state index contributed by atoms with van der Waals surface area (Å²) in [4.78, 5) is 0. The fourth-order valence-corrected chi connectivity index (χ4v) is 1.49. The lowest BCUT2D eigenvalue weighted by molar-refractivity contribution is 0.485. The van der Waals surface area contributed by atoms with E-state index >= 15 is 0 Å². The molecule has 0 bridgehead atoms. The fraction of sp³-hybridized carbons (Fsp3) is 0.143. The molecule has 2 N–H and O–H groups in total. The van der Waals surface area contributed by atoms with Crippen molar-refractivity contribution in [2.45, 2.75) is 13.8 Å². The first-order valence-corrected chi connectivity index (χ1v) is 5.26. The van der Waals surface area contributed by atoms with E-state index in [1.165, 1.54) is 5.56 Å². The first-order chi connectivity index (χ1) is 7.65. The van der Waals surface area contributed by atoms with E-state index in [9.17, 15) is 0 Å². The maximum absolute atomic E-state index is 5.87. The van der Waals surface area contributed by atoms with Gasteiger partial charge in [-0.25, -0.2) is 0 Å². The lowest BCUT2D eigenvalue weighted by atomic mass is 10.2. The maximum atomic E-state index is 5.87. The van der Waals surface area contributed by atoms with E-state index in [1.807, 2.05) is 56.3 Å². The summed E-state index contributed by atoms with van der Waals surface area (Å²) in [5.74, 6) is 1.51. The molecule has 17 heavy (non-hydrogen) atoms. The lowest BCUT2D eigenvalue weighted by Gasteiger charge is -2.09. The van der Waals surface area contributed by atoms with Crippen LogP contribution in [0.3, 0.4) is 0 Å². The molecule has 0 unspecified atom stereocenters. The number of halogens is 1. The highest BCUT2D eigenvalue weighted by atomic mass is 35.5. The molecule has 2 aromatic carbocycles. The molecule has 0 amide bonds. The van der Waals surface area contributed by atoms with Crippen LogP contribution in [0.25, 0.3) is 0 Å². The Morgan fingerprint density at radius 1 is 0.882 bits per heavy atom. The van der Waals surface area contributed by atoms with Gasteiger partial charge in [-0.2, -0.15) is 0 Å². The van der Waals surface area contributed by atoms with Crippen LogP contribution in [0.2, 0.25) is 0 Å². The van der Waals surface area contributed by atoms with Crippen molar-refractivity contribution in [1.29, 1.82) is 0 Å². The molecule has 0 atom stereocenters. The number of hydrogen-bond donors (Lipinski definition) is 1. The van der Waals surface area contributed by atoms with E-state index in [2.05, 4.69) is 0 Å². The van der Waals surface area contributed by atoms with Crippen molar-refractivity contribution < 1.29 is 4.74 Å². The summed E-state index contributed by atoms with van der Waals surface area (Å²) in [6.45, 7) is 4.05. The second-order valence-corrected chi connectivity index (χ2v) is 3.96.